The number of amides is 2. The third-order valence-electron chi connectivity index (χ3n) is 3.86. The van der Waals surface area contributed by atoms with Crippen LogP contribution in [0.4, 0.5) is 4.39 Å². The number of halogens is 1. The van der Waals surface area contributed by atoms with E-state index in [4.69, 9.17) is 4.84 Å². The van der Waals surface area contributed by atoms with Crippen LogP contribution in [0.5, 0.6) is 0 Å². The maximum atomic E-state index is 13.3. The molecular weight excluding hydrogens is 337 g/mol. The Labute approximate surface area is 150 Å². The highest BCUT2D eigenvalue weighted by molar-refractivity contribution is 6.04. The molecule has 1 atom stereocenters. The number of hydrogen-bond acceptors (Lipinski definition) is 4. The van der Waals surface area contributed by atoms with Gasteiger partial charge in [-0.15, -0.1) is 0 Å². The summed E-state index contributed by atoms with van der Waals surface area (Å²) in [6.07, 6.45) is -0.482. The highest BCUT2D eigenvalue weighted by Crippen LogP contribution is 2.17. The molecule has 2 aromatic carbocycles. The second-order valence-electron chi connectivity index (χ2n) is 5.76. The van der Waals surface area contributed by atoms with Crippen LogP contribution in [-0.2, 0) is 9.63 Å². The fourth-order valence-corrected chi connectivity index (χ4v) is 2.52. The predicted molar refractivity (Wildman–Crippen MR) is 94.2 cm³/mol. The average Bonchev–Trinajstić information content (AvgIpc) is 3.16. The number of carbonyl (C=O) groups excluding carboxylic acids is 2. The molecule has 0 radical (unpaired) electrons. The maximum absolute atomic E-state index is 13.3. The van der Waals surface area contributed by atoms with Gasteiger partial charge in [-0.1, -0.05) is 35.5 Å². The Morgan fingerprint density at radius 2 is 1.85 bits per heavy atom. The molecule has 134 valence electrons. The normalized spacial score (nSPS) is 15.7. The van der Waals surface area contributed by atoms with Gasteiger partial charge >= 0.3 is 0 Å². The summed E-state index contributed by atoms with van der Waals surface area (Å²) >= 11 is 0. The van der Waals surface area contributed by atoms with E-state index in [9.17, 15) is 14.0 Å². The first-order valence-corrected chi connectivity index (χ1v) is 8.23. The summed E-state index contributed by atoms with van der Waals surface area (Å²) in [5.74, 6) is -0.893. The van der Waals surface area contributed by atoms with Crippen LogP contribution in [0.3, 0.4) is 0 Å². The minimum absolute atomic E-state index is 0.200. The van der Waals surface area contributed by atoms with Gasteiger partial charge in [-0.05, 0) is 24.3 Å². The Bertz CT molecular complexity index is 824. The minimum Gasteiger partial charge on any atom is -0.382 e. The van der Waals surface area contributed by atoms with Crippen LogP contribution in [0.15, 0.2) is 59.8 Å². The highest BCUT2D eigenvalue weighted by atomic mass is 19.1. The molecule has 2 aromatic rings. The Morgan fingerprint density at radius 1 is 1.08 bits per heavy atom. The van der Waals surface area contributed by atoms with Crippen LogP contribution in [0.2, 0.25) is 0 Å². The zero-order chi connectivity index (χ0) is 18.4. The first-order chi connectivity index (χ1) is 12.6. The number of oxime groups is 1. The number of nitrogens with one attached hydrogen (secondary N) is 2. The van der Waals surface area contributed by atoms with E-state index in [-0.39, 0.29) is 30.6 Å². The van der Waals surface area contributed by atoms with Crippen LogP contribution in [0.1, 0.15) is 22.3 Å². The lowest BCUT2D eigenvalue weighted by Crippen LogP contribution is -2.39. The molecule has 0 unspecified atom stereocenters. The number of carbonyl (C=O) groups is 2. The van der Waals surface area contributed by atoms with Crippen molar-refractivity contribution in [1.29, 1.82) is 0 Å². The van der Waals surface area contributed by atoms with Crippen molar-refractivity contribution in [3.8, 4) is 0 Å². The maximum Gasteiger partial charge on any atom is 0.264 e. The summed E-state index contributed by atoms with van der Waals surface area (Å²) in [4.78, 5) is 29.1. The summed E-state index contributed by atoms with van der Waals surface area (Å²) in [5.41, 5.74) is 1.68. The quantitative estimate of drug-likeness (QED) is 0.777. The van der Waals surface area contributed by atoms with Crippen molar-refractivity contribution in [2.24, 2.45) is 5.16 Å². The van der Waals surface area contributed by atoms with E-state index in [1.54, 1.807) is 36.4 Å². The van der Waals surface area contributed by atoms with Crippen LogP contribution in [-0.4, -0.2) is 36.7 Å². The van der Waals surface area contributed by atoms with Crippen molar-refractivity contribution < 1.29 is 18.8 Å². The third kappa shape index (κ3) is 4.44. The number of rotatable bonds is 6. The molecule has 0 aromatic heterocycles. The summed E-state index contributed by atoms with van der Waals surface area (Å²) in [6.45, 7) is 0.566. The Kier molecular flexibility index (Phi) is 5.58. The van der Waals surface area contributed by atoms with Gasteiger partial charge in [0.15, 0.2) is 0 Å². The molecule has 7 heteroatoms. The largest absolute Gasteiger partial charge is 0.382 e. The predicted octanol–water partition coefficient (Wildman–Crippen LogP) is 1.86. The van der Waals surface area contributed by atoms with Crippen LogP contribution in [0, 0.1) is 5.82 Å². The average molecular weight is 355 g/mol. The van der Waals surface area contributed by atoms with E-state index in [0.29, 0.717) is 23.4 Å². The van der Waals surface area contributed by atoms with Crippen molar-refractivity contribution in [3.05, 3.63) is 71.5 Å². The smallest absolute Gasteiger partial charge is 0.264 e. The van der Waals surface area contributed by atoms with E-state index in [0.717, 1.165) is 0 Å². The number of nitrogens with zero attached hydrogens (tertiary/aromatic N) is 1. The third-order valence-corrected chi connectivity index (χ3v) is 3.86. The lowest BCUT2D eigenvalue weighted by Gasteiger charge is -2.10. The molecule has 26 heavy (non-hydrogen) atoms. The molecule has 0 spiro atoms. The standard InChI is InChI=1S/C19H18FN3O3/c20-15-8-4-7-14(11-15)16-12-17(26-23-16)19(25)22-10-9-21-18(24)13-5-2-1-3-6-13/h1-8,11,17H,9-10,12H2,(H,21,24)(H,22,25)/t17-/m0/s1. The molecule has 2 N–H and O–H groups in total. The van der Waals surface area contributed by atoms with Crippen molar-refractivity contribution in [1.82, 2.24) is 10.6 Å². The molecule has 3 rings (SSSR count). The van der Waals surface area contributed by atoms with Crippen molar-refractivity contribution in [2.45, 2.75) is 12.5 Å². The summed E-state index contributed by atoms with van der Waals surface area (Å²) in [5, 5.41) is 9.27. The van der Waals surface area contributed by atoms with Gasteiger partial charge in [0, 0.05) is 30.6 Å². The van der Waals surface area contributed by atoms with E-state index in [1.165, 1.54) is 12.1 Å². The van der Waals surface area contributed by atoms with Gasteiger partial charge in [0.05, 0.1) is 5.71 Å². The fourth-order valence-electron chi connectivity index (χ4n) is 2.52. The summed E-state index contributed by atoms with van der Waals surface area (Å²) in [6, 6.07) is 14.8. The molecule has 1 aliphatic heterocycles. The van der Waals surface area contributed by atoms with Gasteiger partial charge in [-0.3, -0.25) is 9.59 Å². The molecule has 6 nitrogen and oxygen atoms in total. The van der Waals surface area contributed by atoms with Gasteiger partial charge < -0.3 is 15.5 Å². The van der Waals surface area contributed by atoms with Gasteiger partial charge in [0.1, 0.15) is 5.82 Å². The van der Waals surface area contributed by atoms with E-state index < -0.39 is 6.10 Å². The fraction of sp³-hybridized carbons (Fsp3) is 0.211. The Balaban J connectivity index is 1.40. The molecule has 0 saturated carbocycles. The molecule has 2 amide bonds. The minimum atomic E-state index is -0.752. The van der Waals surface area contributed by atoms with Crippen LogP contribution in [0.25, 0.3) is 0 Å². The van der Waals surface area contributed by atoms with Crippen LogP contribution >= 0.6 is 0 Å². The molecule has 0 bridgehead atoms. The summed E-state index contributed by atoms with van der Waals surface area (Å²) < 4.78 is 13.3. The molecule has 0 aliphatic carbocycles. The van der Waals surface area contributed by atoms with Gasteiger partial charge in [-0.25, -0.2) is 4.39 Å². The first kappa shape index (κ1) is 17.6. The zero-order valence-corrected chi connectivity index (χ0v) is 13.9. The molecule has 1 heterocycles. The van der Waals surface area contributed by atoms with Crippen LogP contribution < -0.4 is 10.6 Å². The Morgan fingerprint density at radius 3 is 2.62 bits per heavy atom. The topological polar surface area (TPSA) is 79.8 Å². The van der Waals surface area contributed by atoms with Gasteiger partial charge in [-0.2, -0.15) is 0 Å². The molecule has 0 fully saturated rings. The lowest BCUT2D eigenvalue weighted by atomic mass is 10.0. The second kappa shape index (κ2) is 8.24. The van der Waals surface area contributed by atoms with Gasteiger partial charge in [0.25, 0.3) is 11.8 Å². The highest BCUT2D eigenvalue weighted by Gasteiger charge is 2.28. The van der Waals surface area contributed by atoms with E-state index >= 15 is 0 Å². The summed E-state index contributed by atoms with van der Waals surface area (Å²) in [7, 11) is 0. The van der Waals surface area contributed by atoms with Crippen molar-refractivity contribution in [3.63, 3.8) is 0 Å². The van der Waals surface area contributed by atoms with Gasteiger partial charge in [0.2, 0.25) is 6.10 Å². The van der Waals surface area contributed by atoms with E-state index in [2.05, 4.69) is 15.8 Å². The zero-order valence-electron chi connectivity index (χ0n) is 13.9. The Hall–Kier alpha value is -3.22. The monoisotopic (exact) mass is 355 g/mol. The van der Waals surface area contributed by atoms with E-state index in [1.807, 2.05) is 6.07 Å². The molecular formula is C19H18FN3O3. The number of benzene rings is 2. The van der Waals surface area contributed by atoms with Crippen molar-refractivity contribution >= 4 is 17.5 Å². The first-order valence-electron chi connectivity index (χ1n) is 8.23. The second-order valence-corrected chi connectivity index (χ2v) is 5.76. The van der Waals surface area contributed by atoms with Crippen molar-refractivity contribution in [2.75, 3.05) is 13.1 Å². The lowest BCUT2D eigenvalue weighted by molar-refractivity contribution is -0.131. The SMILES string of the molecule is O=C(NCCNC(=O)[C@@H]1CC(c2cccc(F)c2)=NO1)c1ccccc1. The number of hydrogen-bond donors (Lipinski definition) is 2. The molecule has 1 aliphatic rings. The molecule has 0 saturated heterocycles.